The van der Waals surface area contributed by atoms with Crippen molar-refractivity contribution in [2.75, 3.05) is 5.32 Å². The number of amides is 2. The molecule has 6 atom stereocenters. The van der Waals surface area contributed by atoms with Crippen LogP contribution in [0, 0.1) is 30.0 Å². The standard InChI is InChI=1S/C31H37FN4O2/c1-3-31(28(37)14-26-29-23(5-4-6-24(29)32)27-17-33-18-36(26)27)15-20-9-12-25(21(13-20)16-31)35-30(38)34-22-10-7-19(2)8-11-22/h4-8,10-11,17-18,20-21,25-26,28,37H,3,9,12-16H2,1-2H3,(H2,34,35,38)/t20?,21-,25?,26?,28?,31?/m1/s1. The summed E-state index contributed by atoms with van der Waals surface area (Å²) in [6, 6.07) is 12.6. The van der Waals surface area contributed by atoms with Gasteiger partial charge in [0, 0.05) is 22.9 Å². The van der Waals surface area contributed by atoms with Crippen molar-refractivity contribution in [1.29, 1.82) is 0 Å². The smallest absolute Gasteiger partial charge is 0.319 e. The Hall–Kier alpha value is -3.19. The number of imidazole rings is 1. The number of benzene rings is 2. The number of carbonyl (C=O) groups excluding carboxylic acids is 1. The summed E-state index contributed by atoms with van der Waals surface area (Å²) in [6.07, 6.45) is 9.21. The lowest BCUT2D eigenvalue weighted by atomic mass is 9.56. The highest BCUT2D eigenvalue weighted by Crippen LogP contribution is 2.54. The number of urea groups is 1. The SMILES string of the molecule is CCC1(C(O)CC2c3c(F)cccc3-c3cncn32)CC2CCC(NC(=O)Nc3ccc(C)cc3)[C@H](C2)C1. The van der Waals surface area contributed by atoms with Crippen molar-refractivity contribution in [3.8, 4) is 11.3 Å². The number of fused-ring (bicyclic) bond motifs is 5. The average Bonchev–Trinajstić information content (AvgIpc) is 3.50. The molecule has 7 heteroatoms. The molecule has 2 saturated carbocycles. The van der Waals surface area contributed by atoms with E-state index < -0.39 is 6.10 Å². The van der Waals surface area contributed by atoms with Gasteiger partial charge in [-0.15, -0.1) is 0 Å². The van der Waals surface area contributed by atoms with Gasteiger partial charge in [-0.1, -0.05) is 36.8 Å². The molecule has 2 aliphatic carbocycles. The van der Waals surface area contributed by atoms with Crippen LogP contribution in [0.3, 0.4) is 0 Å². The van der Waals surface area contributed by atoms with E-state index >= 15 is 4.39 Å². The number of aliphatic hydroxyl groups is 1. The number of aromatic nitrogens is 2. The Kier molecular flexibility index (Phi) is 6.50. The fourth-order valence-corrected chi connectivity index (χ4v) is 7.60. The zero-order valence-electron chi connectivity index (χ0n) is 22.2. The van der Waals surface area contributed by atoms with Crippen LogP contribution in [-0.4, -0.2) is 32.8 Å². The quantitative estimate of drug-likeness (QED) is 0.352. The van der Waals surface area contributed by atoms with E-state index in [9.17, 15) is 9.90 Å². The average molecular weight is 517 g/mol. The fraction of sp³-hybridized carbons (Fsp3) is 0.484. The molecule has 2 heterocycles. The van der Waals surface area contributed by atoms with Crippen molar-refractivity contribution in [1.82, 2.24) is 14.9 Å². The third-order valence-corrected chi connectivity index (χ3v) is 9.60. The highest BCUT2D eigenvalue weighted by molar-refractivity contribution is 5.89. The van der Waals surface area contributed by atoms with Crippen LogP contribution in [0.1, 0.15) is 69.0 Å². The maximum atomic E-state index is 15.0. The van der Waals surface area contributed by atoms with Crippen LogP contribution in [0.5, 0.6) is 0 Å². The molecule has 3 N–H and O–H groups in total. The molecule has 6 nitrogen and oxygen atoms in total. The molecule has 1 aliphatic heterocycles. The Morgan fingerprint density at radius 3 is 2.82 bits per heavy atom. The Bertz CT molecular complexity index is 1320. The lowest BCUT2D eigenvalue weighted by Gasteiger charge is -2.52. The highest BCUT2D eigenvalue weighted by Gasteiger charge is 2.49. The first kappa shape index (κ1) is 25.1. The Morgan fingerprint density at radius 1 is 1.21 bits per heavy atom. The Labute approximate surface area is 223 Å². The van der Waals surface area contributed by atoms with Crippen molar-refractivity contribution < 1.29 is 14.3 Å². The summed E-state index contributed by atoms with van der Waals surface area (Å²) in [4.78, 5) is 17.2. The van der Waals surface area contributed by atoms with Crippen molar-refractivity contribution in [3.05, 3.63) is 71.9 Å². The molecule has 0 spiro atoms. The minimum atomic E-state index is -0.580. The maximum Gasteiger partial charge on any atom is 0.319 e. The van der Waals surface area contributed by atoms with E-state index in [1.807, 2.05) is 41.8 Å². The molecular formula is C31H37FN4O2. The highest BCUT2D eigenvalue weighted by atomic mass is 19.1. The van der Waals surface area contributed by atoms with Gasteiger partial charge >= 0.3 is 6.03 Å². The molecule has 2 aromatic carbocycles. The third kappa shape index (κ3) is 4.41. The number of hydrogen-bond donors (Lipinski definition) is 3. The molecule has 1 aromatic heterocycles. The molecule has 0 saturated heterocycles. The van der Waals surface area contributed by atoms with E-state index in [-0.39, 0.29) is 29.3 Å². The summed E-state index contributed by atoms with van der Waals surface area (Å²) >= 11 is 0. The fourth-order valence-electron chi connectivity index (χ4n) is 7.60. The molecule has 3 aromatic rings. The number of nitrogens with zero attached hydrogens (tertiary/aromatic N) is 2. The molecular weight excluding hydrogens is 479 g/mol. The summed E-state index contributed by atoms with van der Waals surface area (Å²) in [5, 5.41) is 18.1. The van der Waals surface area contributed by atoms with E-state index in [1.54, 1.807) is 18.6 Å². The van der Waals surface area contributed by atoms with E-state index in [2.05, 4.69) is 22.5 Å². The normalized spacial score (nSPS) is 28.3. The summed E-state index contributed by atoms with van der Waals surface area (Å²) < 4.78 is 17.0. The molecule has 3 aliphatic rings. The number of carbonyl (C=O) groups is 1. The number of aliphatic hydroxyl groups excluding tert-OH is 1. The monoisotopic (exact) mass is 516 g/mol. The maximum absolute atomic E-state index is 15.0. The molecule has 2 amide bonds. The second-order valence-electron chi connectivity index (χ2n) is 11.8. The van der Waals surface area contributed by atoms with Crippen LogP contribution in [0.25, 0.3) is 11.3 Å². The van der Waals surface area contributed by atoms with Crippen LogP contribution in [0.4, 0.5) is 14.9 Å². The predicted octanol–water partition coefficient (Wildman–Crippen LogP) is 6.45. The van der Waals surface area contributed by atoms with Gasteiger partial charge in [0.15, 0.2) is 0 Å². The van der Waals surface area contributed by atoms with Gasteiger partial charge in [0.05, 0.1) is 30.4 Å². The van der Waals surface area contributed by atoms with E-state index in [1.165, 1.54) is 6.07 Å². The van der Waals surface area contributed by atoms with Crippen molar-refractivity contribution in [3.63, 3.8) is 0 Å². The lowest BCUT2D eigenvalue weighted by molar-refractivity contribution is -0.0663. The first-order valence-electron chi connectivity index (χ1n) is 14.0. The summed E-state index contributed by atoms with van der Waals surface area (Å²) in [7, 11) is 0. The number of aryl methyl sites for hydroxylation is 1. The van der Waals surface area contributed by atoms with Crippen molar-refractivity contribution in [2.45, 2.75) is 77.0 Å². The van der Waals surface area contributed by atoms with Gasteiger partial charge in [-0.05, 0) is 87.3 Å². The Morgan fingerprint density at radius 2 is 2.03 bits per heavy atom. The molecule has 6 rings (SSSR count). The summed E-state index contributed by atoms with van der Waals surface area (Å²) in [5.41, 5.74) is 4.13. The van der Waals surface area contributed by atoms with Crippen LogP contribution >= 0.6 is 0 Å². The lowest BCUT2D eigenvalue weighted by Crippen LogP contribution is -2.52. The van der Waals surface area contributed by atoms with Gasteiger partial charge in [0.25, 0.3) is 0 Å². The van der Waals surface area contributed by atoms with Crippen LogP contribution in [0.2, 0.25) is 0 Å². The van der Waals surface area contributed by atoms with Gasteiger partial charge in [-0.25, -0.2) is 14.2 Å². The number of anilines is 1. The topological polar surface area (TPSA) is 79.2 Å². The second kappa shape index (κ2) is 9.84. The minimum absolute atomic E-state index is 0.0834. The summed E-state index contributed by atoms with van der Waals surface area (Å²) in [5.74, 6) is 0.633. The number of rotatable bonds is 6. The zero-order valence-corrected chi connectivity index (χ0v) is 22.2. The van der Waals surface area contributed by atoms with Gasteiger partial charge < -0.3 is 20.3 Å². The predicted molar refractivity (Wildman–Crippen MR) is 146 cm³/mol. The van der Waals surface area contributed by atoms with Gasteiger partial charge in [0.2, 0.25) is 0 Å². The first-order chi connectivity index (χ1) is 18.4. The van der Waals surface area contributed by atoms with Crippen molar-refractivity contribution >= 4 is 11.7 Å². The zero-order chi connectivity index (χ0) is 26.4. The molecule has 0 radical (unpaired) electrons. The third-order valence-electron chi connectivity index (χ3n) is 9.60. The van der Waals surface area contributed by atoms with E-state index in [0.29, 0.717) is 23.8 Å². The molecule has 200 valence electrons. The van der Waals surface area contributed by atoms with Crippen LogP contribution in [0.15, 0.2) is 55.0 Å². The molecule has 2 fully saturated rings. The molecule has 5 unspecified atom stereocenters. The Balaban J connectivity index is 1.18. The minimum Gasteiger partial charge on any atom is -0.392 e. The van der Waals surface area contributed by atoms with Crippen molar-refractivity contribution in [2.24, 2.45) is 17.3 Å². The second-order valence-corrected chi connectivity index (χ2v) is 11.8. The van der Waals surface area contributed by atoms with E-state index in [0.717, 1.165) is 61.0 Å². The van der Waals surface area contributed by atoms with Gasteiger partial charge in [-0.3, -0.25) is 0 Å². The van der Waals surface area contributed by atoms with Crippen LogP contribution < -0.4 is 10.6 Å². The van der Waals surface area contributed by atoms with Gasteiger partial charge in [0.1, 0.15) is 5.82 Å². The number of hydrogen-bond acceptors (Lipinski definition) is 3. The number of halogens is 1. The molecule has 38 heavy (non-hydrogen) atoms. The van der Waals surface area contributed by atoms with Crippen LogP contribution in [-0.2, 0) is 0 Å². The number of nitrogens with one attached hydrogen (secondary N) is 2. The summed E-state index contributed by atoms with van der Waals surface area (Å²) in [6.45, 7) is 4.19. The molecule has 2 bridgehead atoms. The van der Waals surface area contributed by atoms with E-state index in [4.69, 9.17) is 0 Å². The first-order valence-corrected chi connectivity index (χ1v) is 14.0. The van der Waals surface area contributed by atoms with Gasteiger partial charge in [-0.2, -0.15) is 0 Å². The largest absolute Gasteiger partial charge is 0.392 e.